The first-order valence-electron chi connectivity index (χ1n) is 12.6. The summed E-state index contributed by atoms with van der Waals surface area (Å²) in [6.45, 7) is 0. The molecule has 182 valence electrons. The number of hydrogen-bond acceptors (Lipinski definition) is 2. The second kappa shape index (κ2) is 10.8. The third kappa shape index (κ3) is 5.94. The highest BCUT2D eigenvalue weighted by molar-refractivity contribution is 5.77. The third-order valence-electron chi connectivity index (χ3n) is 6.11. The molecular weight excluding hydrogens is 464 g/mol. The summed E-state index contributed by atoms with van der Waals surface area (Å²) in [5.74, 6) is 0. The number of aromatic amines is 2. The number of benzene rings is 2. The molecule has 0 unspecified atom stereocenters. The lowest BCUT2D eigenvalue weighted by Crippen LogP contribution is -1.75. The number of nitrogens with zero attached hydrogens (tertiary/aromatic N) is 2. The van der Waals surface area contributed by atoms with Gasteiger partial charge in [0.2, 0.25) is 0 Å². The fourth-order valence-corrected chi connectivity index (χ4v) is 4.26. The largest absolute Gasteiger partial charge is 0.355 e. The van der Waals surface area contributed by atoms with Gasteiger partial charge in [-0.1, -0.05) is 72.8 Å². The van der Waals surface area contributed by atoms with Crippen LogP contribution >= 0.6 is 0 Å². The molecule has 0 radical (unpaired) electrons. The van der Waals surface area contributed by atoms with E-state index in [0.717, 1.165) is 44.8 Å². The van der Waals surface area contributed by atoms with Gasteiger partial charge >= 0.3 is 0 Å². The second-order valence-electron chi connectivity index (χ2n) is 9.06. The van der Waals surface area contributed by atoms with Gasteiger partial charge in [-0.2, -0.15) is 0 Å². The highest BCUT2D eigenvalue weighted by Crippen LogP contribution is 2.17. The summed E-state index contributed by atoms with van der Waals surface area (Å²) in [5.41, 5.74) is 10.3. The molecular formula is C34H26N4. The van der Waals surface area contributed by atoms with Crippen molar-refractivity contribution < 1.29 is 0 Å². The zero-order chi connectivity index (χ0) is 25.6. The fraction of sp³-hybridized carbons (Fsp3) is 0. The molecule has 2 aliphatic rings. The van der Waals surface area contributed by atoms with Gasteiger partial charge in [-0.15, -0.1) is 0 Å². The van der Waals surface area contributed by atoms with Crippen LogP contribution in [-0.2, 0) is 0 Å². The minimum Gasteiger partial charge on any atom is -0.355 e. The standard InChI is InChI=1S/C20H14N4.C14H12/c1-2-14-10-16-5-6-18(23-16)12-20-8-7-19(24-20)11-17-4-3-15(22-17)9-13(1)21-14;1-3-7-13(8-4-1)11-12-14-9-5-2-6-10-14/h1-12,21,24H;1-12H. The van der Waals surface area contributed by atoms with Gasteiger partial charge in [-0.25, -0.2) is 9.97 Å². The van der Waals surface area contributed by atoms with Crippen molar-refractivity contribution >= 4 is 58.5 Å². The Labute approximate surface area is 221 Å². The highest BCUT2D eigenvalue weighted by atomic mass is 14.8. The Balaban J connectivity index is 0.000000161. The average Bonchev–Trinajstić information content (AvgIpc) is 3.76. The van der Waals surface area contributed by atoms with Crippen molar-refractivity contribution in [3.63, 3.8) is 0 Å². The van der Waals surface area contributed by atoms with Gasteiger partial charge in [0.05, 0.1) is 22.8 Å². The van der Waals surface area contributed by atoms with Crippen LogP contribution in [0.4, 0.5) is 0 Å². The van der Waals surface area contributed by atoms with E-state index < -0.39 is 0 Å². The van der Waals surface area contributed by atoms with E-state index in [0.29, 0.717) is 0 Å². The molecule has 0 spiro atoms. The van der Waals surface area contributed by atoms with Crippen LogP contribution in [0.5, 0.6) is 0 Å². The number of nitrogens with one attached hydrogen (secondary N) is 2. The van der Waals surface area contributed by atoms with Crippen molar-refractivity contribution in [3.8, 4) is 0 Å². The molecule has 5 aromatic rings. The van der Waals surface area contributed by atoms with E-state index in [4.69, 9.17) is 0 Å². The van der Waals surface area contributed by atoms with Crippen LogP contribution in [-0.4, -0.2) is 19.9 Å². The summed E-state index contributed by atoms with van der Waals surface area (Å²) >= 11 is 0. The van der Waals surface area contributed by atoms with Gasteiger partial charge in [0.25, 0.3) is 0 Å². The van der Waals surface area contributed by atoms with Gasteiger partial charge in [-0.05, 0) is 84.0 Å². The molecule has 3 aromatic heterocycles. The van der Waals surface area contributed by atoms with Crippen LogP contribution < -0.4 is 0 Å². The van der Waals surface area contributed by atoms with Gasteiger partial charge in [0.15, 0.2) is 0 Å². The molecule has 4 nitrogen and oxygen atoms in total. The third-order valence-corrected chi connectivity index (χ3v) is 6.11. The molecule has 38 heavy (non-hydrogen) atoms. The van der Waals surface area contributed by atoms with Crippen LogP contribution in [0.1, 0.15) is 33.9 Å². The quantitative estimate of drug-likeness (QED) is 0.239. The predicted molar refractivity (Wildman–Crippen MR) is 161 cm³/mol. The Bertz CT molecular complexity index is 1590. The maximum absolute atomic E-state index is 4.63. The smallest absolute Gasteiger partial charge is 0.0658 e. The van der Waals surface area contributed by atoms with Crippen molar-refractivity contribution in [2.45, 2.75) is 0 Å². The van der Waals surface area contributed by atoms with Crippen LogP contribution in [0.15, 0.2) is 109 Å². The lowest BCUT2D eigenvalue weighted by atomic mass is 10.1. The Hall–Kier alpha value is -5.22. The maximum Gasteiger partial charge on any atom is 0.0658 e. The summed E-state index contributed by atoms with van der Waals surface area (Å²) in [7, 11) is 0. The van der Waals surface area contributed by atoms with Gasteiger partial charge < -0.3 is 9.97 Å². The summed E-state index contributed by atoms with van der Waals surface area (Å²) in [6, 6.07) is 37.0. The number of aromatic nitrogens is 4. The van der Waals surface area contributed by atoms with E-state index >= 15 is 0 Å². The molecule has 0 aliphatic carbocycles. The fourth-order valence-electron chi connectivity index (χ4n) is 4.26. The maximum atomic E-state index is 4.63. The summed E-state index contributed by atoms with van der Waals surface area (Å²) in [5, 5.41) is 0. The molecule has 0 saturated heterocycles. The van der Waals surface area contributed by atoms with Gasteiger partial charge in [0, 0.05) is 22.1 Å². The van der Waals surface area contributed by atoms with E-state index in [9.17, 15) is 0 Å². The Kier molecular flexibility index (Phi) is 6.60. The minimum absolute atomic E-state index is 0.939. The first kappa shape index (κ1) is 23.2. The van der Waals surface area contributed by atoms with Crippen molar-refractivity contribution in [1.82, 2.24) is 19.9 Å². The number of hydrogen-bond donors (Lipinski definition) is 2. The SMILES string of the molecule is C(=Cc1ccccc1)c1ccccc1.C1=Cc2cc3ccc(cc4nc(cc5ccc(cc1n2)[nH]5)C=C4)[nH]3. The topological polar surface area (TPSA) is 57.4 Å². The molecule has 5 heterocycles. The van der Waals surface area contributed by atoms with Crippen LogP contribution in [0.3, 0.4) is 0 Å². The molecule has 2 N–H and O–H groups in total. The Morgan fingerprint density at radius 3 is 1.03 bits per heavy atom. The number of fused-ring (bicyclic) bond motifs is 8. The van der Waals surface area contributed by atoms with Crippen molar-refractivity contribution in [3.05, 3.63) is 143 Å². The molecule has 0 fully saturated rings. The molecule has 8 bridgehead atoms. The van der Waals surface area contributed by atoms with E-state index in [1.165, 1.54) is 11.1 Å². The molecule has 0 saturated carbocycles. The van der Waals surface area contributed by atoms with Gasteiger partial charge in [0.1, 0.15) is 0 Å². The zero-order valence-electron chi connectivity index (χ0n) is 20.8. The van der Waals surface area contributed by atoms with E-state index in [2.05, 4.69) is 80.6 Å². The summed E-state index contributed by atoms with van der Waals surface area (Å²) < 4.78 is 0. The molecule has 7 rings (SSSR count). The molecule has 2 aliphatic heterocycles. The van der Waals surface area contributed by atoms with E-state index in [1.54, 1.807) is 0 Å². The van der Waals surface area contributed by atoms with Crippen LogP contribution in [0, 0.1) is 0 Å². The average molecular weight is 491 g/mol. The second-order valence-corrected chi connectivity index (χ2v) is 9.06. The minimum atomic E-state index is 0.939. The lowest BCUT2D eigenvalue weighted by Gasteiger charge is -1.92. The summed E-state index contributed by atoms with van der Waals surface area (Å²) in [4.78, 5) is 16.0. The zero-order valence-corrected chi connectivity index (χ0v) is 20.8. The highest BCUT2D eigenvalue weighted by Gasteiger charge is 2.01. The molecule has 0 amide bonds. The first-order chi connectivity index (χ1) is 18.7. The molecule has 0 atom stereocenters. The van der Waals surface area contributed by atoms with Crippen molar-refractivity contribution in [1.29, 1.82) is 0 Å². The monoisotopic (exact) mass is 490 g/mol. The predicted octanol–water partition coefficient (Wildman–Crippen LogP) is 8.51. The summed E-state index contributed by atoms with van der Waals surface area (Å²) in [6.07, 6.45) is 12.3. The normalized spacial score (nSPS) is 11.9. The Morgan fingerprint density at radius 2 is 0.711 bits per heavy atom. The number of H-pyrrole nitrogens is 2. The molecule has 2 aromatic carbocycles. The van der Waals surface area contributed by atoms with Gasteiger partial charge in [-0.3, -0.25) is 0 Å². The van der Waals surface area contributed by atoms with E-state index in [-0.39, 0.29) is 0 Å². The first-order valence-corrected chi connectivity index (χ1v) is 12.6. The van der Waals surface area contributed by atoms with E-state index in [1.807, 2.05) is 85.0 Å². The van der Waals surface area contributed by atoms with Crippen LogP contribution in [0.2, 0.25) is 0 Å². The number of rotatable bonds is 2. The Morgan fingerprint density at radius 1 is 0.395 bits per heavy atom. The van der Waals surface area contributed by atoms with Crippen molar-refractivity contribution in [2.75, 3.05) is 0 Å². The lowest BCUT2D eigenvalue weighted by molar-refractivity contribution is 1.31. The molecule has 4 heteroatoms. The van der Waals surface area contributed by atoms with Crippen molar-refractivity contribution in [2.24, 2.45) is 0 Å². The van der Waals surface area contributed by atoms with Crippen LogP contribution in [0.25, 0.3) is 58.5 Å².